The summed E-state index contributed by atoms with van der Waals surface area (Å²) in [5.41, 5.74) is 0.331. The summed E-state index contributed by atoms with van der Waals surface area (Å²) in [6, 6.07) is 10.1. The zero-order chi connectivity index (χ0) is 11.1. The number of nitrogens with zero attached hydrogens (tertiary/aromatic N) is 2. The van der Waals surface area contributed by atoms with Gasteiger partial charge in [0.1, 0.15) is 0 Å². The highest BCUT2D eigenvalue weighted by Crippen LogP contribution is 1.96. The average molecular weight is 205 g/mol. The van der Waals surface area contributed by atoms with Crippen molar-refractivity contribution in [2.75, 3.05) is 5.84 Å². The Morgan fingerprint density at radius 2 is 1.93 bits per heavy atom. The molecule has 0 aliphatic heterocycles. The number of nitrogen functional groups attached to an aromatic ring is 1. The Morgan fingerprint density at radius 3 is 2.20 bits per heavy atom. The van der Waals surface area contributed by atoms with Crippen LogP contribution in [0.5, 0.6) is 0 Å². The number of aromatic nitrogens is 2. The van der Waals surface area contributed by atoms with Gasteiger partial charge in [-0.15, -0.1) is 0 Å². The number of hydrogen-bond donors (Lipinski definition) is 2. The number of aromatic carboxylic acids is 1. The van der Waals surface area contributed by atoms with Gasteiger partial charge in [0.25, 0.3) is 0 Å². The predicted octanol–water partition coefficient (Wildman–Crippen LogP) is 0.982. The van der Waals surface area contributed by atoms with Crippen LogP contribution in [0.25, 0.3) is 0 Å². The van der Waals surface area contributed by atoms with E-state index in [4.69, 9.17) is 10.9 Å². The molecule has 0 atom stereocenters. The fourth-order valence-corrected chi connectivity index (χ4v) is 0.861. The lowest BCUT2D eigenvalue weighted by Gasteiger charge is -1.88. The lowest BCUT2D eigenvalue weighted by molar-refractivity contribution is 0.0697. The topological polar surface area (TPSA) is 81.1 Å². The molecule has 0 saturated carbocycles. The van der Waals surface area contributed by atoms with Crippen LogP contribution in [0.4, 0.5) is 0 Å². The third kappa shape index (κ3) is 3.95. The van der Waals surface area contributed by atoms with Crippen LogP contribution in [0.3, 0.4) is 0 Å². The van der Waals surface area contributed by atoms with Crippen LogP contribution in [0, 0.1) is 0 Å². The first kappa shape index (κ1) is 10.8. The van der Waals surface area contributed by atoms with Crippen molar-refractivity contribution in [1.82, 2.24) is 9.89 Å². The summed E-state index contributed by atoms with van der Waals surface area (Å²) in [4.78, 5) is 11.5. The monoisotopic (exact) mass is 205 g/mol. The highest BCUT2D eigenvalue weighted by Gasteiger charge is 1.96. The van der Waals surface area contributed by atoms with Gasteiger partial charge in [-0.25, -0.2) is 4.79 Å². The van der Waals surface area contributed by atoms with E-state index in [1.807, 2.05) is 0 Å². The molecule has 0 spiro atoms. The highest BCUT2D eigenvalue weighted by atomic mass is 16.4. The van der Waals surface area contributed by atoms with Crippen LogP contribution in [-0.4, -0.2) is 21.0 Å². The number of hydrogen-bond acceptors (Lipinski definition) is 3. The normalized spacial score (nSPS) is 8.80. The van der Waals surface area contributed by atoms with Gasteiger partial charge in [-0.3, -0.25) is 0 Å². The van der Waals surface area contributed by atoms with Gasteiger partial charge in [-0.1, -0.05) is 18.2 Å². The van der Waals surface area contributed by atoms with Gasteiger partial charge in [0, 0.05) is 6.20 Å². The van der Waals surface area contributed by atoms with Crippen LogP contribution < -0.4 is 5.84 Å². The van der Waals surface area contributed by atoms with Crippen molar-refractivity contribution in [2.24, 2.45) is 0 Å². The van der Waals surface area contributed by atoms with Gasteiger partial charge in [0.2, 0.25) is 0 Å². The quantitative estimate of drug-likeness (QED) is 0.680. The number of carboxylic acids is 1. The van der Waals surface area contributed by atoms with E-state index in [9.17, 15) is 4.79 Å². The molecule has 2 rings (SSSR count). The largest absolute Gasteiger partial charge is 0.478 e. The predicted molar refractivity (Wildman–Crippen MR) is 55.8 cm³/mol. The highest BCUT2D eigenvalue weighted by molar-refractivity contribution is 5.87. The molecule has 2 aromatic rings. The van der Waals surface area contributed by atoms with Crippen molar-refractivity contribution in [2.45, 2.75) is 0 Å². The van der Waals surface area contributed by atoms with Crippen molar-refractivity contribution in [1.29, 1.82) is 0 Å². The van der Waals surface area contributed by atoms with E-state index in [0.717, 1.165) is 0 Å². The van der Waals surface area contributed by atoms with Crippen LogP contribution in [0.15, 0.2) is 48.8 Å². The smallest absolute Gasteiger partial charge is 0.335 e. The zero-order valence-electron chi connectivity index (χ0n) is 7.95. The average Bonchev–Trinajstić information content (AvgIpc) is 2.71. The Balaban J connectivity index is 0.000000162. The van der Waals surface area contributed by atoms with Gasteiger partial charge in [0.15, 0.2) is 0 Å². The van der Waals surface area contributed by atoms with E-state index >= 15 is 0 Å². The molecule has 0 radical (unpaired) electrons. The molecule has 1 heterocycles. The lowest BCUT2D eigenvalue weighted by atomic mass is 10.2. The summed E-state index contributed by atoms with van der Waals surface area (Å²) in [6.45, 7) is 0. The second-order valence-electron chi connectivity index (χ2n) is 2.66. The Labute approximate surface area is 86.7 Å². The fourth-order valence-electron chi connectivity index (χ4n) is 0.861. The van der Waals surface area contributed by atoms with E-state index in [0.29, 0.717) is 5.56 Å². The second kappa shape index (κ2) is 5.43. The summed E-state index contributed by atoms with van der Waals surface area (Å²) in [7, 11) is 0. The van der Waals surface area contributed by atoms with Crippen LogP contribution in [-0.2, 0) is 0 Å². The van der Waals surface area contributed by atoms with Crippen LogP contribution >= 0.6 is 0 Å². The Morgan fingerprint density at radius 1 is 1.27 bits per heavy atom. The van der Waals surface area contributed by atoms with E-state index in [-0.39, 0.29) is 0 Å². The van der Waals surface area contributed by atoms with Crippen molar-refractivity contribution >= 4 is 5.97 Å². The van der Waals surface area contributed by atoms with Gasteiger partial charge in [-0.05, 0) is 18.2 Å². The maximum atomic E-state index is 10.2. The summed E-state index contributed by atoms with van der Waals surface area (Å²) in [6.07, 6.45) is 3.29. The SMILES string of the molecule is Nn1cccn1.O=C(O)c1ccccc1. The zero-order valence-corrected chi connectivity index (χ0v) is 7.95. The van der Waals surface area contributed by atoms with Gasteiger partial charge in [0.05, 0.1) is 11.8 Å². The number of carboxylic acid groups (broad SMARTS) is 1. The number of rotatable bonds is 1. The maximum absolute atomic E-state index is 10.2. The van der Waals surface area contributed by atoms with Gasteiger partial charge in [-0.2, -0.15) is 9.89 Å². The molecule has 78 valence electrons. The minimum atomic E-state index is -0.879. The Kier molecular flexibility index (Phi) is 3.91. The Hall–Kier alpha value is -2.30. The van der Waals surface area contributed by atoms with Gasteiger partial charge >= 0.3 is 5.97 Å². The molecule has 0 bridgehead atoms. The molecule has 15 heavy (non-hydrogen) atoms. The number of benzene rings is 1. The van der Waals surface area contributed by atoms with Gasteiger partial charge < -0.3 is 10.9 Å². The molecular weight excluding hydrogens is 194 g/mol. The van der Waals surface area contributed by atoms with E-state index in [2.05, 4.69) is 5.10 Å². The molecule has 0 aliphatic rings. The van der Waals surface area contributed by atoms with E-state index in [1.54, 1.807) is 48.8 Å². The maximum Gasteiger partial charge on any atom is 0.335 e. The molecule has 0 fully saturated rings. The number of carbonyl (C=O) groups is 1. The van der Waals surface area contributed by atoms with Crippen molar-refractivity contribution in [3.05, 3.63) is 54.4 Å². The summed E-state index contributed by atoms with van der Waals surface area (Å²) >= 11 is 0. The molecule has 3 N–H and O–H groups in total. The lowest BCUT2D eigenvalue weighted by Crippen LogP contribution is -2.06. The van der Waals surface area contributed by atoms with Crippen LogP contribution in [0.2, 0.25) is 0 Å². The Bertz CT molecular complexity index is 398. The molecule has 5 nitrogen and oxygen atoms in total. The standard InChI is InChI=1S/C7H6O2.C3H5N3/c8-7(9)6-4-2-1-3-5-6;4-6-3-1-2-5-6/h1-5H,(H,8,9);1-3H,4H2. The third-order valence-electron chi connectivity index (χ3n) is 1.55. The third-order valence-corrected chi connectivity index (χ3v) is 1.55. The molecule has 1 aromatic heterocycles. The number of nitrogens with two attached hydrogens (primary N) is 1. The van der Waals surface area contributed by atoms with Crippen molar-refractivity contribution < 1.29 is 9.90 Å². The van der Waals surface area contributed by atoms with Crippen molar-refractivity contribution in [3.63, 3.8) is 0 Å². The van der Waals surface area contributed by atoms with Crippen molar-refractivity contribution in [3.8, 4) is 0 Å². The molecule has 0 unspecified atom stereocenters. The summed E-state index contributed by atoms with van der Waals surface area (Å²) in [5, 5.41) is 12.0. The molecule has 1 aromatic carbocycles. The minimum Gasteiger partial charge on any atom is -0.478 e. The molecule has 0 aliphatic carbocycles. The molecular formula is C10H11N3O2. The first-order valence-electron chi connectivity index (χ1n) is 4.23. The first-order chi connectivity index (χ1) is 7.20. The summed E-state index contributed by atoms with van der Waals surface area (Å²) in [5.74, 6) is 4.20. The first-order valence-corrected chi connectivity index (χ1v) is 4.23. The van der Waals surface area contributed by atoms with E-state index < -0.39 is 5.97 Å². The fraction of sp³-hybridized carbons (Fsp3) is 0. The van der Waals surface area contributed by atoms with Crippen LogP contribution in [0.1, 0.15) is 10.4 Å². The molecule has 0 saturated heterocycles. The minimum absolute atomic E-state index is 0.331. The molecule has 0 amide bonds. The summed E-state index contributed by atoms with van der Waals surface area (Å²) < 4.78 is 0. The second-order valence-corrected chi connectivity index (χ2v) is 2.66. The van der Waals surface area contributed by atoms with E-state index in [1.165, 1.54) is 4.79 Å². The molecule has 5 heteroatoms.